The monoisotopic (exact) mass is 318 g/mol. The molecule has 2 N–H and O–H groups in total. The molecule has 0 amide bonds. The molecular formula is C18H14N4O2. The maximum atomic E-state index is 12.2. The minimum atomic E-state index is -0.243. The van der Waals surface area contributed by atoms with E-state index in [-0.39, 0.29) is 12.2 Å². The van der Waals surface area contributed by atoms with E-state index in [1.807, 2.05) is 48.5 Å². The minimum Gasteiger partial charge on any atom is -0.486 e. The molecule has 0 saturated carbocycles. The smallest absolute Gasteiger partial charge is 0.273 e. The molecule has 4 rings (SSSR count). The maximum absolute atomic E-state index is 12.2. The third-order valence-corrected chi connectivity index (χ3v) is 3.71. The Kier molecular flexibility index (Phi) is 3.55. The van der Waals surface area contributed by atoms with Crippen LogP contribution in [-0.2, 0) is 6.61 Å². The van der Waals surface area contributed by atoms with Gasteiger partial charge in [0.05, 0.1) is 29.3 Å². The molecule has 0 aliphatic carbocycles. The van der Waals surface area contributed by atoms with Gasteiger partial charge < -0.3 is 14.7 Å². The summed E-state index contributed by atoms with van der Waals surface area (Å²) in [6.07, 6.45) is 3.34. The molecule has 0 radical (unpaired) electrons. The van der Waals surface area contributed by atoms with Crippen LogP contribution >= 0.6 is 0 Å². The van der Waals surface area contributed by atoms with Crippen LogP contribution in [0.2, 0.25) is 0 Å². The van der Waals surface area contributed by atoms with Gasteiger partial charge in [-0.25, -0.2) is 9.97 Å². The van der Waals surface area contributed by atoms with Crippen molar-refractivity contribution in [1.29, 1.82) is 0 Å². The number of aromatic nitrogens is 4. The average Bonchev–Trinajstić information content (AvgIpc) is 3.14. The standard InChI is InChI=1S/C18H14N4O2/c23-18-16(21-13-6-2-3-7-14(13)22-18)10-24-17-8-4-1-5-12(17)15-9-19-11-20-15/h1-9,11H,10H2,(H,19,20)(H,22,23). The summed E-state index contributed by atoms with van der Waals surface area (Å²) in [6, 6.07) is 15.0. The first-order valence-corrected chi connectivity index (χ1v) is 7.50. The average molecular weight is 318 g/mol. The van der Waals surface area contributed by atoms with Gasteiger partial charge >= 0.3 is 0 Å². The van der Waals surface area contributed by atoms with Gasteiger partial charge in [0.25, 0.3) is 5.56 Å². The van der Waals surface area contributed by atoms with E-state index in [1.54, 1.807) is 12.5 Å². The Morgan fingerprint density at radius 1 is 1.04 bits per heavy atom. The van der Waals surface area contributed by atoms with Crippen molar-refractivity contribution in [3.8, 4) is 17.0 Å². The van der Waals surface area contributed by atoms with E-state index >= 15 is 0 Å². The zero-order valence-corrected chi connectivity index (χ0v) is 12.7. The van der Waals surface area contributed by atoms with Gasteiger partial charge in [0.15, 0.2) is 0 Å². The summed E-state index contributed by atoms with van der Waals surface area (Å²) in [4.78, 5) is 26.5. The highest BCUT2D eigenvalue weighted by molar-refractivity contribution is 5.73. The number of hydrogen-bond donors (Lipinski definition) is 2. The molecule has 0 unspecified atom stereocenters. The van der Waals surface area contributed by atoms with Gasteiger partial charge in [-0.15, -0.1) is 0 Å². The second-order valence-corrected chi connectivity index (χ2v) is 5.28. The molecule has 2 aromatic carbocycles. The van der Waals surface area contributed by atoms with Gasteiger partial charge in [0.2, 0.25) is 0 Å². The number of imidazole rings is 1. The summed E-state index contributed by atoms with van der Waals surface area (Å²) in [5.41, 5.74) is 3.28. The Morgan fingerprint density at radius 2 is 1.88 bits per heavy atom. The molecule has 0 fully saturated rings. The van der Waals surface area contributed by atoms with Crippen LogP contribution in [0.3, 0.4) is 0 Å². The Morgan fingerprint density at radius 3 is 2.75 bits per heavy atom. The number of para-hydroxylation sites is 3. The maximum Gasteiger partial charge on any atom is 0.273 e. The van der Waals surface area contributed by atoms with Crippen LogP contribution in [0.1, 0.15) is 5.69 Å². The lowest BCUT2D eigenvalue weighted by Gasteiger charge is -2.10. The lowest BCUT2D eigenvalue weighted by Crippen LogP contribution is -2.17. The molecule has 0 aliphatic heterocycles. The summed E-state index contributed by atoms with van der Waals surface area (Å²) in [7, 11) is 0. The van der Waals surface area contributed by atoms with Crippen LogP contribution in [0.15, 0.2) is 65.8 Å². The molecule has 0 aliphatic rings. The number of hydrogen-bond acceptors (Lipinski definition) is 4. The van der Waals surface area contributed by atoms with E-state index in [0.29, 0.717) is 17.0 Å². The highest BCUT2D eigenvalue weighted by atomic mass is 16.5. The second kappa shape index (κ2) is 6.00. The van der Waals surface area contributed by atoms with Crippen LogP contribution in [0.4, 0.5) is 0 Å². The molecule has 0 atom stereocenters. The molecule has 0 bridgehead atoms. The fourth-order valence-corrected chi connectivity index (χ4v) is 2.53. The highest BCUT2D eigenvalue weighted by Gasteiger charge is 2.10. The van der Waals surface area contributed by atoms with Crippen LogP contribution in [0.25, 0.3) is 22.3 Å². The van der Waals surface area contributed by atoms with Crippen molar-refractivity contribution in [2.24, 2.45) is 0 Å². The normalized spacial score (nSPS) is 10.8. The number of nitrogens with zero attached hydrogens (tertiary/aromatic N) is 2. The number of nitrogens with one attached hydrogen (secondary N) is 2. The molecule has 4 aromatic rings. The van der Waals surface area contributed by atoms with E-state index in [2.05, 4.69) is 19.9 Å². The molecule has 0 spiro atoms. The predicted molar refractivity (Wildman–Crippen MR) is 90.7 cm³/mol. The highest BCUT2D eigenvalue weighted by Crippen LogP contribution is 2.28. The molecule has 2 aromatic heterocycles. The van der Waals surface area contributed by atoms with E-state index < -0.39 is 0 Å². The molecular weight excluding hydrogens is 304 g/mol. The zero-order valence-electron chi connectivity index (χ0n) is 12.7. The van der Waals surface area contributed by atoms with Crippen LogP contribution in [0, 0.1) is 0 Å². The molecule has 6 nitrogen and oxygen atoms in total. The SMILES string of the molecule is O=c1[nH]c2ccccc2nc1COc1ccccc1-c1cnc[nH]1. The number of H-pyrrole nitrogens is 2. The summed E-state index contributed by atoms with van der Waals surface area (Å²) in [5, 5.41) is 0. The minimum absolute atomic E-state index is 0.0886. The van der Waals surface area contributed by atoms with E-state index in [4.69, 9.17) is 4.74 Å². The number of ether oxygens (including phenoxy) is 1. The number of benzene rings is 2. The Hall–Kier alpha value is -3.41. The summed E-state index contributed by atoms with van der Waals surface area (Å²) in [5.74, 6) is 0.663. The fraction of sp³-hybridized carbons (Fsp3) is 0.0556. The Balaban J connectivity index is 1.64. The number of aromatic amines is 2. The molecule has 2 heterocycles. The van der Waals surface area contributed by atoms with Gasteiger partial charge in [-0.1, -0.05) is 24.3 Å². The first-order valence-electron chi connectivity index (χ1n) is 7.50. The first kappa shape index (κ1) is 14.2. The largest absolute Gasteiger partial charge is 0.486 e. The topological polar surface area (TPSA) is 83.7 Å². The Bertz CT molecular complexity index is 1040. The van der Waals surface area contributed by atoms with Gasteiger partial charge in [0, 0.05) is 5.56 Å². The third kappa shape index (κ3) is 2.65. The predicted octanol–water partition coefficient (Wildman–Crippen LogP) is 2.89. The van der Waals surface area contributed by atoms with Crippen molar-refractivity contribution in [2.45, 2.75) is 6.61 Å². The Labute approximate surface area is 137 Å². The number of rotatable bonds is 4. The van der Waals surface area contributed by atoms with Crippen molar-refractivity contribution in [3.05, 3.63) is 77.1 Å². The van der Waals surface area contributed by atoms with E-state index in [1.165, 1.54) is 0 Å². The van der Waals surface area contributed by atoms with E-state index in [9.17, 15) is 4.79 Å². The van der Waals surface area contributed by atoms with Crippen LogP contribution < -0.4 is 10.3 Å². The van der Waals surface area contributed by atoms with Crippen LogP contribution in [0.5, 0.6) is 5.75 Å². The van der Waals surface area contributed by atoms with Crippen molar-refractivity contribution >= 4 is 11.0 Å². The molecule has 6 heteroatoms. The molecule has 24 heavy (non-hydrogen) atoms. The van der Waals surface area contributed by atoms with Gasteiger partial charge in [-0.3, -0.25) is 4.79 Å². The molecule has 118 valence electrons. The third-order valence-electron chi connectivity index (χ3n) is 3.71. The lowest BCUT2D eigenvalue weighted by atomic mass is 10.1. The van der Waals surface area contributed by atoms with Crippen molar-refractivity contribution in [2.75, 3.05) is 0 Å². The van der Waals surface area contributed by atoms with Crippen molar-refractivity contribution < 1.29 is 4.74 Å². The summed E-state index contributed by atoms with van der Waals surface area (Å²) in [6.45, 7) is 0.0886. The van der Waals surface area contributed by atoms with Gasteiger partial charge in [0.1, 0.15) is 18.1 Å². The first-order chi connectivity index (χ1) is 11.8. The number of fused-ring (bicyclic) bond motifs is 1. The van der Waals surface area contributed by atoms with E-state index in [0.717, 1.165) is 16.8 Å². The van der Waals surface area contributed by atoms with Crippen LogP contribution in [-0.4, -0.2) is 19.9 Å². The molecule has 0 saturated heterocycles. The van der Waals surface area contributed by atoms with Crippen molar-refractivity contribution in [3.63, 3.8) is 0 Å². The second-order valence-electron chi connectivity index (χ2n) is 5.28. The van der Waals surface area contributed by atoms with Gasteiger partial charge in [-0.2, -0.15) is 0 Å². The lowest BCUT2D eigenvalue weighted by molar-refractivity contribution is 0.301. The quantitative estimate of drug-likeness (QED) is 0.606. The van der Waals surface area contributed by atoms with Gasteiger partial charge in [-0.05, 0) is 24.3 Å². The zero-order chi connectivity index (χ0) is 16.4. The summed E-state index contributed by atoms with van der Waals surface area (Å²) < 4.78 is 5.85. The summed E-state index contributed by atoms with van der Waals surface area (Å²) >= 11 is 0. The fourth-order valence-electron chi connectivity index (χ4n) is 2.53. The van der Waals surface area contributed by atoms with Crippen molar-refractivity contribution in [1.82, 2.24) is 19.9 Å².